The number of esters is 1. The molecule has 1 aliphatic carbocycles. The third kappa shape index (κ3) is 3.09. The van der Waals surface area contributed by atoms with E-state index >= 15 is 0 Å². The van der Waals surface area contributed by atoms with Gasteiger partial charge >= 0.3 is 5.97 Å². The average molecular weight is 317 g/mol. The Morgan fingerprint density at radius 1 is 1.27 bits per heavy atom. The number of anilines is 1. The fraction of sp³-hybridized carbons (Fsp3) is 0.353. The molecule has 0 bridgehead atoms. The van der Waals surface area contributed by atoms with Gasteiger partial charge in [0, 0.05) is 4.88 Å². The summed E-state index contributed by atoms with van der Waals surface area (Å²) in [7, 11) is 0. The first kappa shape index (κ1) is 14.9. The van der Waals surface area contributed by atoms with Crippen LogP contribution in [0.2, 0.25) is 0 Å². The maximum absolute atomic E-state index is 11.6. The van der Waals surface area contributed by atoms with E-state index in [0.29, 0.717) is 23.8 Å². The normalized spacial score (nSPS) is 13.0. The SMILES string of the molecule is CCOC(=O)c1ccc(COc2cc3c(cc2N)CCC3)s1. The van der Waals surface area contributed by atoms with Gasteiger partial charge in [0.25, 0.3) is 0 Å². The number of carbonyl (C=O) groups excluding carboxylic acids is 1. The van der Waals surface area contributed by atoms with Gasteiger partial charge in [0.2, 0.25) is 0 Å². The third-order valence-corrected chi connectivity index (χ3v) is 4.77. The minimum Gasteiger partial charge on any atom is -0.486 e. The van der Waals surface area contributed by atoms with Crippen molar-refractivity contribution in [2.45, 2.75) is 32.8 Å². The van der Waals surface area contributed by atoms with Crippen LogP contribution in [-0.4, -0.2) is 12.6 Å². The quantitative estimate of drug-likeness (QED) is 0.676. The summed E-state index contributed by atoms with van der Waals surface area (Å²) in [4.78, 5) is 13.2. The van der Waals surface area contributed by atoms with Crippen LogP contribution < -0.4 is 10.5 Å². The lowest BCUT2D eigenvalue weighted by atomic mass is 10.1. The molecule has 1 aliphatic rings. The Morgan fingerprint density at radius 3 is 2.82 bits per heavy atom. The third-order valence-electron chi connectivity index (χ3n) is 3.73. The predicted octanol–water partition coefficient (Wildman–Crippen LogP) is 3.57. The Hall–Kier alpha value is -2.01. The number of fused-ring (bicyclic) bond motifs is 1. The van der Waals surface area contributed by atoms with Crippen LogP contribution in [0.1, 0.15) is 39.0 Å². The predicted molar refractivity (Wildman–Crippen MR) is 87.5 cm³/mol. The Labute approximate surface area is 133 Å². The molecule has 1 heterocycles. The van der Waals surface area contributed by atoms with Gasteiger partial charge in [-0.25, -0.2) is 4.79 Å². The van der Waals surface area contributed by atoms with E-state index in [2.05, 4.69) is 6.07 Å². The van der Waals surface area contributed by atoms with Crippen LogP contribution in [0, 0.1) is 0 Å². The summed E-state index contributed by atoms with van der Waals surface area (Å²) in [6, 6.07) is 7.74. The molecule has 0 aliphatic heterocycles. The topological polar surface area (TPSA) is 61.5 Å². The largest absolute Gasteiger partial charge is 0.486 e. The molecule has 0 amide bonds. The van der Waals surface area contributed by atoms with E-state index in [0.717, 1.165) is 23.5 Å². The van der Waals surface area contributed by atoms with Crippen molar-refractivity contribution in [2.24, 2.45) is 0 Å². The summed E-state index contributed by atoms with van der Waals surface area (Å²) < 4.78 is 10.8. The van der Waals surface area contributed by atoms with Gasteiger partial charge in [0.1, 0.15) is 17.2 Å². The van der Waals surface area contributed by atoms with E-state index in [9.17, 15) is 4.79 Å². The highest BCUT2D eigenvalue weighted by atomic mass is 32.1. The molecule has 0 atom stereocenters. The molecule has 1 aromatic carbocycles. The first-order valence-electron chi connectivity index (χ1n) is 7.47. The van der Waals surface area contributed by atoms with Crippen LogP contribution in [-0.2, 0) is 24.2 Å². The number of hydrogen-bond acceptors (Lipinski definition) is 5. The molecular weight excluding hydrogens is 298 g/mol. The van der Waals surface area contributed by atoms with Crippen molar-refractivity contribution in [2.75, 3.05) is 12.3 Å². The molecule has 2 aromatic rings. The highest BCUT2D eigenvalue weighted by molar-refractivity contribution is 7.13. The Morgan fingerprint density at radius 2 is 2.05 bits per heavy atom. The molecule has 0 saturated heterocycles. The molecule has 5 heteroatoms. The second-order valence-corrected chi connectivity index (χ2v) is 6.46. The maximum atomic E-state index is 11.6. The van der Waals surface area contributed by atoms with Gasteiger partial charge in [-0.2, -0.15) is 0 Å². The number of hydrogen-bond donors (Lipinski definition) is 1. The number of benzene rings is 1. The Bertz CT molecular complexity index is 693. The van der Waals surface area contributed by atoms with Crippen molar-refractivity contribution in [1.29, 1.82) is 0 Å². The minimum absolute atomic E-state index is 0.282. The molecular formula is C17H19NO3S. The average Bonchev–Trinajstić information content (AvgIpc) is 3.13. The number of rotatable bonds is 5. The summed E-state index contributed by atoms with van der Waals surface area (Å²) in [6.45, 7) is 2.59. The molecule has 0 radical (unpaired) electrons. The van der Waals surface area contributed by atoms with Crippen molar-refractivity contribution >= 4 is 23.0 Å². The van der Waals surface area contributed by atoms with E-state index in [1.54, 1.807) is 13.0 Å². The molecule has 3 rings (SSSR count). The van der Waals surface area contributed by atoms with Crippen LogP contribution >= 0.6 is 11.3 Å². The first-order chi connectivity index (χ1) is 10.7. The highest BCUT2D eigenvalue weighted by Crippen LogP contribution is 2.32. The van der Waals surface area contributed by atoms with Gasteiger partial charge in [0.05, 0.1) is 12.3 Å². The fourth-order valence-corrected chi connectivity index (χ4v) is 3.48. The van der Waals surface area contributed by atoms with E-state index < -0.39 is 0 Å². The molecule has 4 nitrogen and oxygen atoms in total. The lowest BCUT2D eigenvalue weighted by molar-refractivity contribution is 0.0532. The zero-order valence-electron chi connectivity index (χ0n) is 12.6. The van der Waals surface area contributed by atoms with Gasteiger partial charge < -0.3 is 15.2 Å². The number of thiophene rings is 1. The van der Waals surface area contributed by atoms with Crippen LogP contribution in [0.15, 0.2) is 24.3 Å². The number of nitrogens with two attached hydrogens (primary N) is 1. The second-order valence-electron chi connectivity index (χ2n) is 5.29. The maximum Gasteiger partial charge on any atom is 0.348 e. The van der Waals surface area contributed by atoms with E-state index in [1.807, 2.05) is 12.1 Å². The summed E-state index contributed by atoms with van der Waals surface area (Å²) in [6.07, 6.45) is 3.39. The molecule has 2 N–H and O–H groups in total. The number of nitrogen functional groups attached to an aromatic ring is 1. The molecule has 22 heavy (non-hydrogen) atoms. The number of ether oxygens (including phenoxy) is 2. The van der Waals surface area contributed by atoms with Crippen molar-refractivity contribution in [1.82, 2.24) is 0 Å². The number of aryl methyl sites for hydroxylation is 2. The molecule has 0 spiro atoms. The zero-order valence-corrected chi connectivity index (χ0v) is 13.4. The van der Waals surface area contributed by atoms with Crippen molar-refractivity contribution in [3.63, 3.8) is 0 Å². The zero-order chi connectivity index (χ0) is 15.5. The van der Waals surface area contributed by atoms with Crippen molar-refractivity contribution in [3.05, 3.63) is 45.1 Å². The smallest absolute Gasteiger partial charge is 0.348 e. The van der Waals surface area contributed by atoms with Gasteiger partial charge in [-0.05, 0) is 61.6 Å². The lowest BCUT2D eigenvalue weighted by Crippen LogP contribution is -2.01. The van der Waals surface area contributed by atoms with Gasteiger partial charge in [-0.15, -0.1) is 11.3 Å². The lowest BCUT2D eigenvalue weighted by Gasteiger charge is -2.10. The van der Waals surface area contributed by atoms with Gasteiger partial charge in [-0.3, -0.25) is 0 Å². The first-order valence-corrected chi connectivity index (χ1v) is 8.29. The van der Waals surface area contributed by atoms with E-state index in [-0.39, 0.29) is 5.97 Å². The van der Waals surface area contributed by atoms with Crippen LogP contribution in [0.4, 0.5) is 5.69 Å². The molecule has 0 fully saturated rings. The summed E-state index contributed by atoms with van der Waals surface area (Å²) in [5.41, 5.74) is 9.41. The molecule has 116 valence electrons. The molecule has 0 saturated carbocycles. The van der Waals surface area contributed by atoms with Crippen LogP contribution in [0.25, 0.3) is 0 Å². The van der Waals surface area contributed by atoms with E-state index in [1.165, 1.54) is 28.9 Å². The number of carbonyl (C=O) groups is 1. The van der Waals surface area contributed by atoms with E-state index in [4.69, 9.17) is 15.2 Å². The summed E-state index contributed by atoms with van der Waals surface area (Å²) in [5, 5.41) is 0. The summed E-state index contributed by atoms with van der Waals surface area (Å²) >= 11 is 1.39. The fourth-order valence-electron chi connectivity index (χ4n) is 2.66. The Kier molecular flexibility index (Phi) is 4.34. The highest BCUT2D eigenvalue weighted by Gasteiger charge is 2.15. The standard InChI is InChI=1S/C17H19NO3S/c1-2-20-17(19)16-7-6-13(22-16)10-21-15-9-12-5-3-4-11(12)8-14(15)18/h6-9H,2-5,10,18H2,1H3. The van der Waals surface area contributed by atoms with Gasteiger partial charge in [-0.1, -0.05) is 0 Å². The van der Waals surface area contributed by atoms with Crippen LogP contribution in [0.3, 0.4) is 0 Å². The molecule has 1 aromatic heterocycles. The van der Waals surface area contributed by atoms with Crippen molar-refractivity contribution in [3.8, 4) is 5.75 Å². The van der Waals surface area contributed by atoms with Crippen molar-refractivity contribution < 1.29 is 14.3 Å². The Balaban J connectivity index is 1.67. The van der Waals surface area contributed by atoms with Gasteiger partial charge in [0.15, 0.2) is 0 Å². The summed E-state index contributed by atoms with van der Waals surface area (Å²) in [5.74, 6) is 0.447. The van der Waals surface area contributed by atoms with Crippen LogP contribution in [0.5, 0.6) is 5.75 Å². The second kappa shape index (κ2) is 6.40. The minimum atomic E-state index is -0.282. The monoisotopic (exact) mass is 317 g/mol. The molecule has 0 unspecified atom stereocenters.